The van der Waals surface area contributed by atoms with Gasteiger partial charge in [-0.2, -0.15) is 0 Å². The second-order valence-corrected chi connectivity index (χ2v) is 10.8. The van der Waals surface area contributed by atoms with Gasteiger partial charge in [0.2, 0.25) is 5.91 Å². The van der Waals surface area contributed by atoms with Crippen LogP contribution in [0.1, 0.15) is 29.3 Å². The molecule has 0 radical (unpaired) electrons. The van der Waals surface area contributed by atoms with Gasteiger partial charge in [0.1, 0.15) is 23.9 Å². The van der Waals surface area contributed by atoms with Gasteiger partial charge in [-0.05, 0) is 35.7 Å². The van der Waals surface area contributed by atoms with Crippen LogP contribution in [-0.2, 0) is 20.9 Å². The van der Waals surface area contributed by atoms with Gasteiger partial charge in [-0.3, -0.25) is 9.59 Å². The molecule has 3 aromatic rings. The third kappa shape index (κ3) is 7.27. The van der Waals surface area contributed by atoms with Crippen LogP contribution in [0.3, 0.4) is 0 Å². The van der Waals surface area contributed by atoms with Gasteiger partial charge in [0.05, 0.1) is 30.5 Å². The normalized spacial score (nSPS) is 17.4. The summed E-state index contributed by atoms with van der Waals surface area (Å²) in [4.78, 5) is 51.2. The number of aliphatic carboxylic acids is 1. The number of halogens is 2. The molecule has 2 heterocycles. The molecule has 1 aliphatic rings. The first-order valence-electron chi connectivity index (χ1n) is 11.9. The number of carboxylic acid groups (broad SMARTS) is 1. The molecule has 1 saturated heterocycles. The smallest absolute Gasteiger partial charge is 0.319 e. The molecule has 39 heavy (non-hydrogen) atoms. The number of carbonyl (C=O) groups excluding carboxylic acids is 3. The Morgan fingerprint density at radius 3 is 2.64 bits per heavy atom. The fourth-order valence-corrected chi connectivity index (χ4v) is 5.49. The van der Waals surface area contributed by atoms with E-state index in [1.54, 1.807) is 24.3 Å². The summed E-state index contributed by atoms with van der Waals surface area (Å²) in [6.45, 7) is 0.513. The summed E-state index contributed by atoms with van der Waals surface area (Å²) < 4.78 is 0. The van der Waals surface area contributed by atoms with Crippen molar-refractivity contribution >= 4 is 69.7 Å². The van der Waals surface area contributed by atoms with E-state index >= 15 is 0 Å². The number of phenols is 1. The van der Waals surface area contributed by atoms with E-state index in [-0.39, 0.29) is 40.2 Å². The molecule has 1 fully saturated rings. The van der Waals surface area contributed by atoms with Gasteiger partial charge >= 0.3 is 17.9 Å². The molecule has 3 atom stereocenters. The number of urea groups is 1. The molecule has 4 amide bonds. The van der Waals surface area contributed by atoms with Crippen LogP contribution in [0.2, 0.25) is 10.0 Å². The summed E-state index contributed by atoms with van der Waals surface area (Å²) in [7, 11) is 0. The number of thiophene rings is 1. The molecular weight excluding hydrogens is 567 g/mol. The Bertz CT molecular complexity index is 1400. The molecule has 0 spiro atoms. The molecule has 13 heteroatoms. The fourth-order valence-electron chi connectivity index (χ4n) is 4.34. The summed E-state index contributed by atoms with van der Waals surface area (Å²) in [5.74, 6) is -3.10. The predicted octanol–water partition coefficient (Wildman–Crippen LogP) is 3.48. The molecule has 1 aliphatic heterocycles. The van der Waals surface area contributed by atoms with E-state index in [0.717, 1.165) is 4.88 Å². The van der Waals surface area contributed by atoms with Crippen LogP contribution in [0.25, 0.3) is 0 Å². The lowest BCUT2D eigenvalue weighted by Crippen LogP contribution is -3.08. The first-order valence-corrected chi connectivity index (χ1v) is 13.5. The Hall–Kier alpha value is -3.64. The Balaban J connectivity index is 1.42. The number of anilines is 1. The second kappa shape index (κ2) is 12.5. The molecule has 204 valence electrons. The van der Waals surface area contributed by atoms with Crippen LogP contribution in [0.4, 0.5) is 16.2 Å². The number of carboxylic acids is 1. The molecular formula is C26H25Cl2N4O6S+. The summed E-state index contributed by atoms with van der Waals surface area (Å²) >= 11 is 13.5. The van der Waals surface area contributed by atoms with Crippen molar-refractivity contribution in [3.8, 4) is 5.75 Å². The Morgan fingerprint density at radius 1 is 1.13 bits per heavy atom. The van der Waals surface area contributed by atoms with Crippen LogP contribution in [0, 0.1) is 5.92 Å². The lowest BCUT2D eigenvalue weighted by atomic mass is 10.0. The number of phenolic OH excluding ortho intramolecular Hbond substituents is 1. The van der Waals surface area contributed by atoms with Gasteiger partial charge in [0.25, 0.3) is 0 Å². The van der Waals surface area contributed by atoms with Crippen LogP contribution in [0.15, 0.2) is 53.9 Å². The van der Waals surface area contributed by atoms with Crippen molar-refractivity contribution in [3.63, 3.8) is 0 Å². The van der Waals surface area contributed by atoms with E-state index in [1.807, 2.05) is 17.5 Å². The van der Waals surface area contributed by atoms with Crippen LogP contribution >= 0.6 is 34.5 Å². The van der Waals surface area contributed by atoms with Crippen LogP contribution in [0.5, 0.6) is 5.75 Å². The van der Waals surface area contributed by atoms with Gasteiger partial charge in [-0.25, -0.2) is 14.5 Å². The van der Waals surface area contributed by atoms with Crippen molar-refractivity contribution in [2.75, 3.05) is 11.9 Å². The molecule has 1 aromatic heterocycles. The highest BCUT2D eigenvalue weighted by molar-refractivity contribution is 7.09. The van der Waals surface area contributed by atoms with E-state index in [0.29, 0.717) is 22.8 Å². The van der Waals surface area contributed by atoms with E-state index in [9.17, 15) is 29.4 Å². The third-order valence-corrected chi connectivity index (χ3v) is 7.57. The monoisotopic (exact) mass is 591 g/mol. The quantitative estimate of drug-likeness (QED) is 0.224. The molecule has 0 bridgehead atoms. The number of carbonyl (C=O) groups is 4. The molecule has 6 N–H and O–H groups in total. The summed E-state index contributed by atoms with van der Waals surface area (Å²) in [6, 6.07) is 11.7. The van der Waals surface area contributed by atoms with E-state index in [1.165, 1.54) is 23.5 Å². The number of nitrogens with one attached hydrogen (secondary N) is 4. The zero-order valence-electron chi connectivity index (χ0n) is 20.4. The molecule has 10 nitrogen and oxygen atoms in total. The van der Waals surface area contributed by atoms with Crippen LogP contribution < -0.4 is 20.9 Å². The minimum absolute atomic E-state index is 0.0629. The summed E-state index contributed by atoms with van der Waals surface area (Å²) in [5.41, 5.74) is 1.12. The van der Waals surface area contributed by atoms with Crippen molar-refractivity contribution in [1.82, 2.24) is 10.6 Å². The zero-order chi connectivity index (χ0) is 28.1. The largest absolute Gasteiger partial charge is 0.506 e. The first-order chi connectivity index (χ1) is 18.6. The predicted molar refractivity (Wildman–Crippen MR) is 146 cm³/mol. The maximum absolute atomic E-state index is 13.1. The molecule has 3 unspecified atom stereocenters. The van der Waals surface area contributed by atoms with Gasteiger partial charge in [-0.1, -0.05) is 35.3 Å². The number of quaternary nitrogens is 1. The lowest BCUT2D eigenvalue weighted by Gasteiger charge is -2.21. The van der Waals surface area contributed by atoms with Crippen molar-refractivity contribution in [2.45, 2.75) is 25.4 Å². The Kier molecular flexibility index (Phi) is 9.08. The van der Waals surface area contributed by atoms with E-state index in [2.05, 4.69) is 16.0 Å². The number of aromatic hydroxyl groups is 1. The van der Waals surface area contributed by atoms with Crippen LogP contribution in [-0.4, -0.2) is 40.6 Å². The van der Waals surface area contributed by atoms with Gasteiger partial charge in [-0.15, -0.1) is 11.3 Å². The third-order valence-electron chi connectivity index (χ3n) is 6.19. The van der Waals surface area contributed by atoms with Crippen molar-refractivity contribution in [2.24, 2.45) is 5.92 Å². The number of hydrogen-bond donors (Lipinski definition) is 6. The first kappa shape index (κ1) is 28.4. The maximum atomic E-state index is 13.1. The van der Waals surface area contributed by atoms with Crippen molar-refractivity contribution in [1.29, 1.82) is 0 Å². The molecule has 2 aromatic carbocycles. The SMILES string of the molecule is O=C(O)CC(NC(=O)C1CC(=O)[NH+](c2cccc(NC(=O)NCc3cccs3)c2)C1)c1cc(Cl)cc(Cl)c1O. The molecule has 4 rings (SSSR count). The maximum Gasteiger partial charge on any atom is 0.319 e. The minimum atomic E-state index is -1.21. The average molecular weight is 592 g/mol. The van der Waals surface area contributed by atoms with E-state index in [4.69, 9.17) is 23.2 Å². The Labute approximate surface area is 237 Å². The molecule has 0 aliphatic carbocycles. The number of amides is 4. The number of hydrogen-bond acceptors (Lipinski definition) is 6. The molecule has 0 saturated carbocycles. The topological polar surface area (TPSA) is 149 Å². The number of rotatable bonds is 9. The fraction of sp³-hybridized carbons (Fsp3) is 0.231. The van der Waals surface area contributed by atoms with Gasteiger partial charge < -0.3 is 26.2 Å². The summed E-state index contributed by atoms with van der Waals surface area (Å²) in [5, 5.41) is 29.9. The second-order valence-electron chi connectivity index (χ2n) is 8.96. The highest BCUT2D eigenvalue weighted by atomic mass is 35.5. The minimum Gasteiger partial charge on any atom is -0.506 e. The lowest BCUT2D eigenvalue weighted by molar-refractivity contribution is -0.740. The highest BCUT2D eigenvalue weighted by Crippen LogP contribution is 2.36. The van der Waals surface area contributed by atoms with Crippen molar-refractivity contribution < 1.29 is 34.3 Å². The Morgan fingerprint density at radius 2 is 1.92 bits per heavy atom. The van der Waals surface area contributed by atoms with E-state index < -0.39 is 36.3 Å². The standard InChI is InChI=1S/C26H24Cl2N4O6S/c27-15-8-19(24(36)20(28)9-15)21(11-23(34)35)31-25(37)14-7-22(33)32(13-14)17-4-1-3-16(10-17)30-26(38)29-12-18-5-2-6-39-18/h1-6,8-10,14,21,36H,7,11-13H2,(H,31,37)(H,34,35)(H2,29,30,38)/p+1. The van der Waals surface area contributed by atoms with Gasteiger partial charge in [0, 0.05) is 27.2 Å². The number of benzene rings is 2. The summed E-state index contributed by atoms with van der Waals surface area (Å²) in [6.07, 6.45) is -0.600. The van der Waals surface area contributed by atoms with Crippen molar-refractivity contribution in [3.05, 3.63) is 74.4 Å². The zero-order valence-corrected chi connectivity index (χ0v) is 22.7. The highest BCUT2D eigenvalue weighted by Gasteiger charge is 2.41. The van der Waals surface area contributed by atoms with Gasteiger partial charge in [0.15, 0.2) is 0 Å². The average Bonchev–Trinajstić information content (AvgIpc) is 3.54.